The number of nitrogens with zero attached hydrogens (tertiary/aromatic N) is 3. The first kappa shape index (κ1) is 13.0. The molecular weight excluding hydrogens is 224 g/mol. The molecule has 0 aliphatic carbocycles. The van der Waals surface area contributed by atoms with Crippen molar-refractivity contribution >= 4 is 12.1 Å². The topological polar surface area (TPSA) is 84.4 Å². The lowest BCUT2D eigenvalue weighted by molar-refractivity contribution is 0.0615. The highest BCUT2D eigenvalue weighted by atomic mass is 16.6. The number of carbonyl (C=O) groups is 2. The highest BCUT2D eigenvalue weighted by molar-refractivity contribution is 5.94. The monoisotopic (exact) mass is 238 g/mol. The molecule has 1 N–H and O–H groups in total. The van der Waals surface area contributed by atoms with Crippen LogP contribution in [0.5, 0.6) is 0 Å². The van der Waals surface area contributed by atoms with E-state index >= 15 is 0 Å². The number of likely N-dealkylation sites (N-methyl/N-ethyl adjacent to an activating group) is 1. The molecule has 1 aromatic heterocycles. The lowest BCUT2D eigenvalue weighted by atomic mass is 10.4. The Hall–Kier alpha value is -2.02. The molecule has 0 bridgehead atoms. The van der Waals surface area contributed by atoms with E-state index in [4.69, 9.17) is 0 Å². The van der Waals surface area contributed by atoms with Crippen LogP contribution in [-0.2, 0) is 4.74 Å². The first-order chi connectivity index (χ1) is 8.09. The minimum Gasteiger partial charge on any atom is -0.371 e. The maximum atomic E-state index is 11.4. The summed E-state index contributed by atoms with van der Waals surface area (Å²) in [6.45, 7) is 1.07. The summed E-state index contributed by atoms with van der Waals surface area (Å²) in [6, 6.07) is 1.37. The summed E-state index contributed by atoms with van der Waals surface area (Å²) in [6.07, 6.45) is 1.82. The molecule has 0 fully saturated rings. The van der Waals surface area contributed by atoms with E-state index in [9.17, 15) is 9.59 Å². The average Bonchev–Trinajstić information content (AvgIpc) is 2.29. The fourth-order valence-corrected chi connectivity index (χ4v) is 0.966. The van der Waals surface area contributed by atoms with Crippen LogP contribution in [0.2, 0.25) is 0 Å². The molecule has 7 nitrogen and oxygen atoms in total. The van der Waals surface area contributed by atoms with Crippen molar-refractivity contribution in [1.82, 2.24) is 20.2 Å². The number of rotatable bonds is 4. The Kier molecular flexibility index (Phi) is 5.02. The number of ether oxygens (including phenoxy) is 1. The van der Waals surface area contributed by atoms with E-state index in [1.54, 1.807) is 0 Å². The molecule has 1 aromatic rings. The Bertz CT molecular complexity index is 380. The van der Waals surface area contributed by atoms with Crippen molar-refractivity contribution in [2.75, 3.05) is 27.2 Å². The van der Waals surface area contributed by atoms with E-state index in [2.05, 4.69) is 20.0 Å². The van der Waals surface area contributed by atoms with E-state index in [-0.39, 0.29) is 5.69 Å². The molecule has 1 heterocycles. The van der Waals surface area contributed by atoms with Gasteiger partial charge in [0.05, 0.1) is 0 Å². The third-order valence-electron chi connectivity index (χ3n) is 1.80. The van der Waals surface area contributed by atoms with Gasteiger partial charge >= 0.3 is 12.1 Å². The molecule has 1 amide bonds. The van der Waals surface area contributed by atoms with Gasteiger partial charge in [0.1, 0.15) is 6.33 Å². The molecule has 1 rings (SSSR count). The number of amides is 1. The standard InChI is InChI=1S/C10H14N4O3/c1-14(2)6-5-12-10(16)17-9(15)8-3-4-11-7-13-8/h3-4,7H,5-6H2,1-2H3,(H,12,16). The Labute approximate surface area is 98.8 Å². The molecule has 0 aliphatic rings. The molecule has 0 atom stereocenters. The second-order valence-corrected chi connectivity index (χ2v) is 3.50. The van der Waals surface area contributed by atoms with Gasteiger partial charge in [-0.3, -0.25) is 0 Å². The van der Waals surface area contributed by atoms with Crippen LogP contribution >= 0.6 is 0 Å². The molecule has 7 heteroatoms. The van der Waals surface area contributed by atoms with Crippen LogP contribution in [0, 0.1) is 0 Å². The highest BCUT2D eigenvalue weighted by Crippen LogP contribution is 1.95. The minimum atomic E-state index is -0.797. The smallest absolute Gasteiger partial charge is 0.371 e. The van der Waals surface area contributed by atoms with Crippen LogP contribution in [0.25, 0.3) is 0 Å². The second kappa shape index (κ2) is 6.54. The number of hydrogen-bond donors (Lipinski definition) is 1. The van der Waals surface area contributed by atoms with Gasteiger partial charge in [-0.25, -0.2) is 19.6 Å². The highest BCUT2D eigenvalue weighted by Gasteiger charge is 2.13. The molecule has 92 valence electrons. The summed E-state index contributed by atoms with van der Waals surface area (Å²) in [7, 11) is 3.75. The van der Waals surface area contributed by atoms with Gasteiger partial charge in [-0.1, -0.05) is 0 Å². The van der Waals surface area contributed by atoms with Crippen molar-refractivity contribution in [3.8, 4) is 0 Å². The summed E-state index contributed by atoms with van der Waals surface area (Å²) >= 11 is 0. The van der Waals surface area contributed by atoms with Crippen LogP contribution < -0.4 is 5.32 Å². The van der Waals surface area contributed by atoms with Gasteiger partial charge < -0.3 is 15.0 Å². The number of nitrogens with one attached hydrogen (secondary N) is 1. The third kappa shape index (κ3) is 5.03. The number of esters is 1. The largest absolute Gasteiger partial charge is 0.415 e. The summed E-state index contributed by atoms with van der Waals surface area (Å²) in [5.41, 5.74) is 0.0442. The van der Waals surface area contributed by atoms with Gasteiger partial charge in [-0.05, 0) is 20.2 Å². The Morgan fingerprint density at radius 2 is 2.24 bits per heavy atom. The van der Waals surface area contributed by atoms with Crippen molar-refractivity contribution in [3.05, 3.63) is 24.3 Å². The van der Waals surface area contributed by atoms with Crippen molar-refractivity contribution in [2.24, 2.45) is 0 Å². The Morgan fingerprint density at radius 3 is 2.82 bits per heavy atom. The predicted octanol–water partition coefficient (Wildman–Crippen LogP) is -0.0954. The summed E-state index contributed by atoms with van der Waals surface area (Å²) in [5.74, 6) is -0.797. The maximum absolute atomic E-state index is 11.4. The van der Waals surface area contributed by atoms with Gasteiger partial charge in [-0.2, -0.15) is 0 Å². The van der Waals surface area contributed by atoms with Crippen molar-refractivity contribution in [1.29, 1.82) is 0 Å². The molecule has 0 saturated heterocycles. The summed E-state index contributed by atoms with van der Waals surface area (Å²) in [5, 5.41) is 2.45. The minimum absolute atomic E-state index is 0.0442. The number of alkyl carbamates (subject to hydrolysis) is 1. The van der Waals surface area contributed by atoms with Gasteiger partial charge in [0.15, 0.2) is 5.69 Å². The first-order valence-electron chi connectivity index (χ1n) is 5.00. The number of hydrogen-bond acceptors (Lipinski definition) is 6. The molecule has 0 unspecified atom stereocenters. The zero-order valence-corrected chi connectivity index (χ0v) is 9.71. The second-order valence-electron chi connectivity index (χ2n) is 3.50. The molecule has 0 saturated carbocycles. The zero-order chi connectivity index (χ0) is 12.7. The number of aromatic nitrogens is 2. The molecule has 0 aromatic carbocycles. The molecular formula is C10H14N4O3. The van der Waals surface area contributed by atoms with Crippen molar-refractivity contribution < 1.29 is 14.3 Å². The molecule has 17 heavy (non-hydrogen) atoms. The normalized spacial score (nSPS) is 10.1. The van der Waals surface area contributed by atoms with Gasteiger partial charge in [-0.15, -0.1) is 0 Å². The Morgan fingerprint density at radius 1 is 1.47 bits per heavy atom. The summed E-state index contributed by atoms with van der Waals surface area (Å²) < 4.78 is 4.52. The first-order valence-corrected chi connectivity index (χ1v) is 5.00. The molecule has 0 radical (unpaired) electrons. The average molecular weight is 238 g/mol. The van der Waals surface area contributed by atoms with Crippen molar-refractivity contribution in [2.45, 2.75) is 0 Å². The van der Waals surface area contributed by atoms with E-state index < -0.39 is 12.1 Å². The lowest BCUT2D eigenvalue weighted by Gasteiger charge is -2.09. The quantitative estimate of drug-likeness (QED) is 0.582. The maximum Gasteiger partial charge on any atom is 0.415 e. The van der Waals surface area contributed by atoms with Gasteiger partial charge in [0, 0.05) is 19.3 Å². The van der Waals surface area contributed by atoms with E-state index in [0.29, 0.717) is 13.1 Å². The zero-order valence-electron chi connectivity index (χ0n) is 9.71. The van der Waals surface area contributed by atoms with Crippen LogP contribution in [-0.4, -0.2) is 54.1 Å². The lowest BCUT2D eigenvalue weighted by Crippen LogP contribution is -2.33. The van der Waals surface area contributed by atoms with E-state index in [0.717, 1.165) is 0 Å². The molecule has 0 aliphatic heterocycles. The van der Waals surface area contributed by atoms with Crippen LogP contribution in [0.3, 0.4) is 0 Å². The van der Waals surface area contributed by atoms with Crippen LogP contribution in [0.15, 0.2) is 18.6 Å². The van der Waals surface area contributed by atoms with Gasteiger partial charge in [0.2, 0.25) is 0 Å². The van der Waals surface area contributed by atoms with E-state index in [1.165, 1.54) is 18.6 Å². The Balaban J connectivity index is 2.34. The fourth-order valence-electron chi connectivity index (χ4n) is 0.966. The fraction of sp³-hybridized carbons (Fsp3) is 0.400. The summed E-state index contributed by atoms with van der Waals surface area (Å²) in [4.78, 5) is 31.8. The van der Waals surface area contributed by atoms with Crippen molar-refractivity contribution in [3.63, 3.8) is 0 Å². The number of carbonyl (C=O) groups excluding carboxylic acids is 2. The van der Waals surface area contributed by atoms with Crippen LogP contribution in [0.1, 0.15) is 10.5 Å². The third-order valence-corrected chi connectivity index (χ3v) is 1.80. The van der Waals surface area contributed by atoms with Crippen LogP contribution in [0.4, 0.5) is 4.79 Å². The predicted molar refractivity (Wildman–Crippen MR) is 59.4 cm³/mol. The van der Waals surface area contributed by atoms with E-state index in [1.807, 2.05) is 19.0 Å². The van der Waals surface area contributed by atoms with Gasteiger partial charge in [0.25, 0.3) is 0 Å². The molecule has 0 spiro atoms. The SMILES string of the molecule is CN(C)CCNC(=O)OC(=O)c1ccncn1.